The maximum atomic E-state index is 5.41. The second-order valence-electron chi connectivity index (χ2n) is 3.77. The average molecular weight is 248 g/mol. The normalized spacial score (nSPS) is 10.4. The fourth-order valence-electron chi connectivity index (χ4n) is 1.52. The number of hydrogen-bond donors (Lipinski definition) is 1. The summed E-state index contributed by atoms with van der Waals surface area (Å²) in [5.41, 5.74) is 0.885. The Morgan fingerprint density at radius 2 is 2.17 bits per heavy atom. The zero-order valence-electron chi connectivity index (χ0n) is 10.7. The quantitative estimate of drug-likeness (QED) is 0.848. The summed E-state index contributed by atoms with van der Waals surface area (Å²) in [5, 5.41) is 7.35. The molecule has 0 aliphatic rings. The molecule has 0 unspecified atom stereocenters. The summed E-state index contributed by atoms with van der Waals surface area (Å²) in [6, 6.07) is 0. The standard InChI is InChI=1S/C11H16N6O/c1-4-18-11-8(2)10(13-6-14-11)12-5-9-15-7-17(3)16-9/h6-7H,4-5H2,1-3H3,(H,12,13,14). The second-order valence-corrected chi connectivity index (χ2v) is 3.77. The van der Waals surface area contributed by atoms with Gasteiger partial charge in [0, 0.05) is 7.05 Å². The van der Waals surface area contributed by atoms with E-state index in [1.807, 2.05) is 20.9 Å². The van der Waals surface area contributed by atoms with Gasteiger partial charge in [-0.3, -0.25) is 4.68 Å². The van der Waals surface area contributed by atoms with Gasteiger partial charge in [-0.15, -0.1) is 0 Å². The number of aromatic nitrogens is 5. The van der Waals surface area contributed by atoms with E-state index in [1.165, 1.54) is 6.33 Å². The third kappa shape index (κ3) is 2.73. The first kappa shape index (κ1) is 12.3. The van der Waals surface area contributed by atoms with E-state index in [4.69, 9.17) is 4.74 Å². The molecule has 0 radical (unpaired) electrons. The summed E-state index contributed by atoms with van der Waals surface area (Å²) in [7, 11) is 1.83. The number of rotatable bonds is 5. The largest absolute Gasteiger partial charge is 0.478 e. The summed E-state index contributed by atoms with van der Waals surface area (Å²) in [5.74, 6) is 2.05. The molecular weight excluding hydrogens is 232 g/mol. The van der Waals surface area contributed by atoms with Crippen LogP contribution in [0.3, 0.4) is 0 Å². The Morgan fingerprint density at radius 3 is 2.83 bits per heavy atom. The van der Waals surface area contributed by atoms with E-state index in [0.717, 1.165) is 11.4 Å². The van der Waals surface area contributed by atoms with Crippen molar-refractivity contribution in [2.75, 3.05) is 11.9 Å². The number of anilines is 1. The zero-order valence-corrected chi connectivity index (χ0v) is 10.7. The maximum Gasteiger partial charge on any atom is 0.221 e. The molecule has 7 heteroatoms. The van der Waals surface area contributed by atoms with Crippen molar-refractivity contribution in [3.8, 4) is 5.88 Å². The van der Waals surface area contributed by atoms with Crippen LogP contribution in [0.4, 0.5) is 5.82 Å². The summed E-state index contributed by atoms with van der Waals surface area (Å²) < 4.78 is 7.07. The van der Waals surface area contributed by atoms with Gasteiger partial charge in [0.05, 0.1) is 18.7 Å². The van der Waals surface area contributed by atoms with Gasteiger partial charge < -0.3 is 10.1 Å². The molecule has 18 heavy (non-hydrogen) atoms. The van der Waals surface area contributed by atoms with E-state index in [0.29, 0.717) is 24.9 Å². The fraction of sp³-hybridized carbons (Fsp3) is 0.455. The monoisotopic (exact) mass is 248 g/mol. The lowest BCUT2D eigenvalue weighted by atomic mass is 10.3. The molecule has 2 heterocycles. The van der Waals surface area contributed by atoms with Crippen LogP contribution in [-0.4, -0.2) is 31.3 Å². The Bertz CT molecular complexity index is 524. The molecule has 0 saturated heterocycles. The van der Waals surface area contributed by atoms with Gasteiger partial charge in [-0.2, -0.15) is 5.10 Å². The van der Waals surface area contributed by atoms with E-state index in [-0.39, 0.29) is 0 Å². The minimum Gasteiger partial charge on any atom is -0.478 e. The first-order valence-electron chi connectivity index (χ1n) is 5.73. The van der Waals surface area contributed by atoms with Crippen LogP contribution in [-0.2, 0) is 13.6 Å². The molecule has 0 aliphatic carbocycles. The van der Waals surface area contributed by atoms with Gasteiger partial charge in [-0.1, -0.05) is 0 Å². The van der Waals surface area contributed by atoms with E-state index in [1.54, 1.807) is 11.0 Å². The molecule has 2 aromatic heterocycles. The number of nitrogens with zero attached hydrogens (tertiary/aromatic N) is 5. The van der Waals surface area contributed by atoms with Crippen molar-refractivity contribution < 1.29 is 4.74 Å². The van der Waals surface area contributed by atoms with Crippen molar-refractivity contribution in [1.29, 1.82) is 0 Å². The Morgan fingerprint density at radius 1 is 1.33 bits per heavy atom. The van der Waals surface area contributed by atoms with Crippen LogP contribution in [0.25, 0.3) is 0 Å². The Balaban J connectivity index is 2.07. The topological polar surface area (TPSA) is 77.8 Å². The zero-order chi connectivity index (χ0) is 13.0. The lowest BCUT2D eigenvalue weighted by molar-refractivity contribution is 0.324. The van der Waals surface area contributed by atoms with Gasteiger partial charge in [0.15, 0.2) is 5.82 Å². The van der Waals surface area contributed by atoms with Gasteiger partial charge in [0.2, 0.25) is 5.88 Å². The van der Waals surface area contributed by atoms with Gasteiger partial charge in [0.1, 0.15) is 18.5 Å². The smallest absolute Gasteiger partial charge is 0.221 e. The number of ether oxygens (including phenoxy) is 1. The molecular formula is C11H16N6O. The van der Waals surface area contributed by atoms with Crippen LogP contribution >= 0.6 is 0 Å². The van der Waals surface area contributed by atoms with Crippen LogP contribution in [0, 0.1) is 6.92 Å². The van der Waals surface area contributed by atoms with Crippen molar-refractivity contribution in [1.82, 2.24) is 24.7 Å². The van der Waals surface area contributed by atoms with Gasteiger partial charge in [0.25, 0.3) is 0 Å². The molecule has 0 fully saturated rings. The Hall–Kier alpha value is -2.18. The SMILES string of the molecule is CCOc1ncnc(NCc2ncn(C)n2)c1C. The highest BCUT2D eigenvalue weighted by Gasteiger charge is 2.08. The minimum absolute atomic E-state index is 0.518. The lowest BCUT2D eigenvalue weighted by Crippen LogP contribution is -2.07. The van der Waals surface area contributed by atoms with Gasteiger partial charge in [-0.25, -0.2) is 15.0 Å². The van der Waals surface area contributed by atoms with Crippen LogP contribution in [0.1, 0.15) is 18.3 Å². The summed E-state index contributed by atoms with van der Waals surface area (Å²) in [4.78, 5) is 12.4. The molecule has 0 aromatic carbocycles. The molecule has 0 saturated carbocycles. The van der Waals surface area contributed by atoms with Crippen molar-refractivity contribution in [2.45, 2.75) is 20.4 Å². The van der Waals surface area contributed by atoms with Crippen molar-refractivity contribution in [3.63, 3.8) is 0 Å². The maximum absolute atomic E-state index is 5.41. The fourth-order valence-corrected chi connectivity index (χ4v) is 1.52. The minimum atomic E-state index is 0.518. The third-order valence-electron chi connectivity index (χ3n) is 2.38. The number of hydrogen-bond acceptors (Lipinski definition) is 6. The molecule has 0 amide bonds. The molecule has 96 valence electrons. The Labute approximate surface area is 105 Å². The van der Waals surface area contributed by atoms with Gasteiger partial charge >= 0.3 is 0 Å². The predicted octanol–water partition coefficient (Wildman–Crippen LogP) is 0.924. The van der Waals surface area contributed by atoms with Crippen LogP contribution in [0.2, 0.25) is 0 Å². The van der Waals surface area contributed by atoms with Crippen LogP contribution in [0.5, 0.6) is 5.88 Å². The lowest BCUT2D eigenvalue weighted by Gasteiger charge is -2.10. The molecule has 0 bridgehead atoms. The first-order valence-corrected chi connectivity index (χ1v) is 5.73. The number of aryl methyl sites for hydroxylation is 1. The summed E-state index contributed by atoms with van der Waals surface area (Å²) >= 11 is 0. The van der Waals surface area contributed by atoms with E-state index >= 15 is 0 Å². The predicted molar refractivity (Wildman–Crippen MR) is 66.3 cm³/mol. The third-order valence-corrected chi connectivity index (χ3v) is 2.38. The molecule has 0 aliphatic heterocycles. The van der Waals surface area contributed by atoms with E-state index in [9.17, 15) is 0 Å². The van der Waals surface area contributed by atoms with E-state index < -0.39 is 0 Å². The molecule has 2 aromatic rings. The molecule has 2 rings (SSSR count). The number of nitrogens with one attached hydrogen (secondary N) is 1. The Kier molecular flexibility index (Phi) is 3.71. The summed E-state index contributed by atoms with van der Waals surface area (Å²) in [6.07, 6.45) is 3.14. The summed E-state index contributed by atoms with van der Waals surface area (Å²) in [6.45, 7) is 4.94. The highest BCUT2D eigenvalue weighted by molar-refractivity contribution is 5.47. The molecule has 0 atom stereocenters. The van der Waals surface area contributed by atoms with Crippen molar-refractivity contribution in [3.05, 3.63) is 24.0 Å². The second kappa shape index (κ2) is 5.44. The van der Waals surface area contributed by atoms with Crippen LogP contribution < -0.4 is 10.1 Å². The van der Waals surface area contributed by atoms with Crippen molar-refractivity contribution >= 4 is 5.82 Å². The molecule has 7 nitrogen and oxygen atoms in total. The van der Waals surface area contributed by atoms with E-state index in [2.05, 4.69) is 25.4 Å². The molecule has 1 N–H and O–H groups in total. The van der Waals surface area contributed by atoms with Crippen LogP contribution in [0.15, 0.2) is 12.7 Å². The van der Waals surface area contributed by atoms with Gasteiger partial charge in [-0.05, 0) is 13.8 Å². The highest BCUT2D eigenvalue weighted by atomic mass is 16.5. The highest BCUT2D eigenvalue weighted by Crippen LogP contribution is 2.20. The first-order chi connectivity index (χ1) is 8.70. The average Bonchev–Trinajstić information content (AvgIpc) is 2.77. The molecule has 0 spiro atoms. The van der Waals surface area contributed by atoms with Crippen molar-refractivity contribution in [2.24, 2.45) is 7.05 Å².